The summed E-state index contributed by atoms with van der Waals surface area (Å²) in [5, 5.41) is 3.36. The van der Waals surface area contributed by atoms with Gasteiger partial charge >= 0.3 is 0 Å². The normalized spacial score (nSPS) is 13.1. The van der Waals surface area contributed by atoms with Gasteiger partial charge in [-0.1, -0.05) is 19.9 Å². The Labute approximate surface area is 113 Å². The second kappa shape index (κ2) is 6.74. The molecule has 1 aliphatic heterocycles. The highest BCUT2D eigenvalue weighted by atomic mass is 32.2. The Balaban J connectivity index is 0.000000312. The second-order valence-corrected chi connectivity index (χ2v) is 5.92. The minimum absolute atomic E-state index is 0.344. The molecule has 0 spiro atoms. The van der Waals surface area contributed by atoms with Crippen LogP contribution in [0.1, 0.15) is 19.4 Å². The van der Waals surface area contributed by atoms with Crippen molar-refractivity contribution >= 4 is 10.1 Å². The molecule has 0 aliphatic carbocycles. The monoisotopic (exact) mass is 289 g/mol. The molecule has 6 nitrogen and oxygen atoms in total. The minimum Gasteiger partial charge on any atom is -0.454 e. The lowest BCUT2D eigenvalue weighted by atomic mass is 10.2. The Hall–Kier alpha value is -1.31. The second-order valence-electron chi connectivity index (χ2n) is 4.46. The molecule has 0 bridgehead atoms. The number of ether oxygens (including phenoxy) is 2. The Morgan fingerprint density at radius 1 is 1.32 bits per heavy atom. The molecule has 0 radical (unpaired) electrons. The molecule has 2 N–H and O–H groups in total. The summed E-state index contributed by atoms with van der Waals surface area (Å²) in [6.45, 7) is 5.48. The van der Waals surface area contributed by atoms with Crippen molar-refractivity contribution in [3.63, 3.8) is 0 Å². The molecular formula is C12H19NO5S. The van der Waals surface area contributed by atoms with Gasteiger partial charge in [0.1, 0.15) is 0 Å². The van der Waals surface area contributed by atoms with E-state index in [4.69, 9.17) is 14.0 Å². The molecule has 0 atom stereocenters. The third kappa shape index (κ3) is 7.00. The smallest absolute Gasteiger partial charge is 0.261 e. The number of benzene rings is 1. The van der Waals surface area contributed by atoms with Crippen molar-refractivity contribution in [1.29, 1.82) is 0 Å². The van der Waals surface area contributed by atoms with Crippen LogP contribution in [0.5, 0.6) is 11.5 Å². The average molecular weight is 289 g/mol. The lowest BCUT2D eigenvalue weighted by Crippen LogP contribution is -2.21. The summed E-state index contributed by atoms with van der Waals surface area (Å²) >= 11 is 0. The number of fused-ring (bicyclic) bond motifs is 1. The van der Waals surface area contributed by atoms with Crippen molar-refractivity contribution < 1.29 is 22.4 Å². The predicted molar refractivity (Wildman–Crippen MR) is 72.0 cm³/mol. The molecule has 108 valence electrons. The van der Waals surface area contributed by atoms with Gasteiger partial charge in [0.05, 0.1) is 6.26 Å². The average Bonchev–Trinajstić information content (AvgIpc) is 2.70. The molecule has 19 heavy (non-hydrogen) atoms. The predicted octanol–water partition coefficient (Wildman–Crippen LogP) is 1.42. The van der Waals surface area contributed by atoms with Crippen LogP contribution in [-0.4, -0.2) is 32.1 Å². The molecule has 1 aromatic rings. The van der Waals surface area contributed by atoms with Crippen LogP contribution in [0, 0.1) is 0 Å². The van der Waals surface area contributed by atoms with E-state index in [0.29, 0.717) is 19.1 Å². The van der Waals surface area contributed by atoms with E-state index in [1.807, 2.05) is 12.1 Å². The lowest BCUT2D eigenvalue weighted by Gasteiger charge is -2.08. The van der Waals surface area contributed by atoms with E-state index in [1.165, 1.54) is 5.56 Å². The minimum atomic E-state index is -3.67. The number of hydrogen-bond donors (Lipinski definition) is 2. The topological polar surface area (TPSA) is 84.9 Å². The van der Waals surface area contributed by atoms with Gasteiger partial charge in [0, 0.05) is 12.6 Å². The van der Waals surface area contributed by atoms with Gasteiger partial charge in [0.2, 0.25) is 6.79 Å². The largest absolute Gasteiger partial charge is 0.454 e. The zero-order chi connectivity index (χ0) is 14.5. The van der Waals surface area contributed by atoms with Crippen molar-refractivity contribution in [2.75, 3.05) is 13.0 Å². The summed E-state index contributed by atoms with van der Waals surface area (Å²) in [5.41, 5.74) is 1.22. The van der Waals surface area contributed by atoms with Crippen molar-refractivity contribution in [3.05, 3.63) is 23.8 Å². The number of nitrogens with one attached hydrogen (secondary N) is 1. The SMILES string of the molecule is CC(C)NCc1ccc2c(c1)OCO2.CS(=O)(=O)O. The zero-order valence-electron chi connectivity index (χ0n) is 11.2. The van der Waals surface area contributed by atoms with Crippen molar-refractivity contribution in [2.45, 2.75) is 26.4 Å². The molecule has 1 aromatic carbocycles. The van der Waals surface area contributed by atoms with Gasteiger partial charge < -0.3 is 14.8 Å². The van der Waals surface area contributed by atoms with Crippen LogP contribution in [-0.2, 0) is 16.7 Å². The third-order valence-electron chi connectivity index (χ3n) is 2.15. The Bertz CT molecular complexity index is 505. The number of rotatable bonds is 3. The highest BCUT2D eigenvalue weighted by molar-refractivity contribution is 7.85. The summed E-state index contributed by atoms with van der Waals surface area (Å²) in [7, 11) is -3.67. The van der Waals surface area contributed by atoms with Crippen LogP contribution in [0.3, 0.4) is 0 Å². The van der Waals surface area contributed by atoms with Crippen molar-refractivity contribution in [1.82, 2.24) is 5.32 Å². The van der Waals surface area contributed by atoms with Gasteiger partial charge in [-0.25, -0.2) is 0 Å². The van der Waals surface area contributed by atoms with Gasteiger partial charge in [0.25, 0.3) is 10.1 Å². The molecular weight excluding hydrogens is 270 g/mol. The van der Waals surface area contributed by atoms with Gasteiger partial charge in [0.15, 0.2) is 11.5 Å². The molecule has 0 fully saturated rings. The fraction of sp³-hybridized carbons (Fsp3) is 0.500. The fourth-order valence-corrected chi connectivity index (χ4v) is 1.37. The summed E-state index contributed by atoms with van der Waals surface area (Å²) in [5.74, 6) is 1.70. The maximum absolute atomic E-state index is 9.19. The van der Waals surface area contributed by atoms with Crippen LogP contribution >= 0.6 is 0 Å². The van der Waals surface area contributed by atoms with Crippen LogP contribution in [0.4, 0.5) is 0 Å². The third-order valence-corrected chi connectivity index (χ3v) is 2.15. The van der Waals surface area contributed by atoms with E-state index < -0.39 is 10.1 Å². The Morgan fingerprint density at radius 3 is 2.47 bits per heavy atom. The molecule has 1 aliphatic rings. The van der Waals surface area contributed by atoms with E-state index in [9.17, 15) is 8.42 Å². The van der Waals surface area contributed by atoms with Crippen LogP contribution in [0.15, 0.2) is 18.2 Å². The molecule has 0 aromatic heterocycles. The quantitative estimate of drug-likeness (QED) is 0.819. The van der Waals surface area contributed by atoms with E-state index >= 15 is 0 Å². The van der Waals surface area contributed by atoms with Crippen LogP contribution in [0.25, 0.3) is 0 Å². The van der Waals surface area contributed by atoms with E-state index in [-0.39, 0.29) is 0 Å². The molecule has 7 heteroatoms. The van der Waals surface area contributed by atoms with Crippen LogP contribution in [0.2, 0.25) is 0 Å². The first-order chi connectivity index (χ1) is 8.75. The lowest BCUT2D eigenvalue weighted by molar-refractivity contribution is 0.174. The van der Waals surface area contributed by atoms with E-state index in [0.717, 1.165) is 18.0 Å². The maximum atomic E-state index is 9.19. The first-order valence-electron chi connectivity index (χ1n) is 5.80. The molecule has 2 rings (SSSR count). The van der Waals surface area contributed by atoms with E-state index in [2.05, 4.69) is 25.2 Å². The van der Waals surface area contributed by atoms with Crippen molar-refractivity contribution in [3.8, 4) is 11.5 Å². The Morgan fingerprint density at radius 2 is 1.89 bits per heavy atom. The van der Waals surface area contributed by atoms with Gasteiger partial charge in [-0.05, 0) is 17.7 Å². The Kier molecular flexibility index (Phi) is 5.59. The van der Waals surface area contributed by atoms with Crippen molar-refractivity contribution in [2.24, 2.45) is 0 Å². The fourth-order valence-electron chi connectivity index (χ4n) is 1.37. The molecule has 0 unspecified atom stereocenters. The highest BCUT2D eigenvalue weighted by Gasteiger charge is 2.12. The highest BCUT2D eigenvalue weighted by Crippen LogP contribution is 2.32. The van der Waals surface area contributed by atoms with Gasteiger partial charge in [-0.2, -0.15) is 8.42 Å². The first kappa shape index (κ1) is 15.7. The molecule has 1 heterocycles. The maximum Gasteiger partial charge on any atom is 0.261 e. The molecule has 0 amide bonds. The summed E-state index contributed by atoms with van der Waals surface area (Å²) in [6, 6.07) is 6.54. The van der Waals surface area contributed by atoms with Crippen LogP contribution < -0.4 is 14.8 Å². The zero-order valence-corrected chi connectivity index (χ0v) is 12.0. The standard InChI is InChI=1S/C11H15NO2.CH4O3S/c1-8(2)12-6-9-3-4-10-11(5-9)14-7-13-10;1-5(2,3)4/h3-5,8,12H,6-7H2,1-2H3;1H3,(H,2,3,4). The summed E-state index contributed by atoms with van der Waals surface area (Å²) in [4.78, 5) is 0. The van der Waals surface area contributed by atoms with Gasteiger partial charge in [-0.15, -0.1) is 0 Å². The summed E-state index contributed by atoms with van der Waals surface area (Å²) in [6.07, 6.45) is 0.715. The summed E-state index contributed by atoms with van der Waals surface area (Å²) < 4.78 is 36.4. The number of hydrogen-bond acceptors (Lipinski definition) is 5. The van der Waals surface area contributed by atoms with E-state index in [1.54, 1.807) is 0 Å². The molecule has 0 saturated carbocycles. The molecule has 0 saturated heterocycles. The first-order valence-corrected chi connectivity index (χ1v) is 7.65. The van der Waals surface area contributed by atoms with Gasteiger partial charge in [-0.3, -0.25) is 4.55 Å².